The van der Waals surface area contributed by atoms with Gasteiger partial charge in [-0.2, -0.15) is 0 Å². The van der Waals surface area contributed by atoms with E-state index >= 15 is 0 Å². The fourth-order valence-electron chi connectivity index (χ4n) is 3.94. The second-order valence-corrected chi connectivity index (χ2v) is 8.00. The largest absolute Gasteiger partial charge is 0.507 e. The molecule has 174 valence electrons. The van der Waals surface area contributed by atoms with Gasteiger partial charge in [-0.05, 0) is 66.9 Å². The summed E-state index contributed by atoms with van der Waals surface area (Å²) in [6.07, 6.45) is 2.86. The zero-order valence-corrected chi connectivity index (χ0v) is 18.8. The number of nitrogens with zero attached hydrogens (tertiary/aromatic N) is 2. The zero-order chi connectivity index (χ0) is 24.1. The van der Waals surface area contributed by atoms with Crippen molar-refractivity contribution in [2.75, 3.05) is 13.2 Å². The monoisotopic (exact) mass is 460 g/mol. The van der Waals surface area contributed by atoms with E-state index in [2.05, 4.69) is 4.98 Å². The van der Waals surface area contributed by atoms with E-state index < -0.39 is 17.7 Å². The maximum absolute atomic E-state index is 13.3. The first-order valence-corrected chi connectivity index (χ1v) is 11.2. The van der Waals surface area contributed by atoms with Gasteiger partial charge in [0.15, 0.2) is 0 Å². The number of carbonyl (C=O) groups is 2. The molecule has 0 saturated carbocycles. The van der Waals surface area contributed by atoms with E-state index in [0.29, 0.717) is 30.0 Å². The van der Waals surface area contributed by atoms with Crippen molar-refractivity contribution in [2.45, 2.75) is 25.8 Å². The molecule has 6 nitrogen and oxygen atoms in total. The number of benzene rings is 2. The quantitative estimate of drug-likeness (QED) is 0.300. The van der Waals surface area contributed by atoms with Crippen LogP contribution in [0.25, 0.3) is 5.76 Å². The number of rotatable bonds is 8. The van der Waals surface area contributed by atoms with Crippen LogP contribution >= 0.6 is 0 Å². The molecule has 1 aromatic heterocycles. The van der Waals surface area contributed by atoms with Crippen molar-refractivity contribution in [1.82, 2.24) is 9.88 Å². The number of pyridine rings is 1. The van der Waals surface area contributed by atoms with Crippen LogP contribution in [-0.2, 0) is 16.0 Å². The van der Waals surface area contributed by atoms with Crippen LogP contribution in [0.1, 0.15) is 36.2 Å². The van der Waals surface area contributed by atoms with Crippen molar-refractivity contribution in [3.63, 3.8) is 0 Å². The minimum Gasteiger partial charge on any atom is -0.507 e. The van der Waals surface area contributed by atoms with Crippen molar-refractivity contribution in [3.05, 3.63) is 101 Å². The highest BCUT2D eigenvalue weighted by atomic mass is 19.1. The first kappa shape index (κ1) is 23.2. The fraction of sp³-hybridized carbons (Fsp3) is 0.222. The first-order chi connectivity index (χ1) is 16.5. The van der Waals surface area contributed by atoms with Gasteiger partial charge in [-0.1, -0.05) is 25.1 Å². The Hall–Kier alpha value is -4.00. The first-order valence-electron chi connectivity index (χ1n) is 11.2. The van der Waals surface area contributed by atoms with Crippen LogP contribution in [0.15, 0.2) is 78.5 Å². The van der Waals surface area contributed by atoms with Crippen molar-refractivity contribution in [3.8, 4) is 5.75 Å². The molecule has 1 aliphatic rings. The van der Waals surface area contributed by atoms with Gasteiger partial charge in [0, 0.05) is 18.3 Å². The summed E-state index contributed by atoms with van der Waals surface area (Å²) in [7, 11) is 0. The van der Waals surface area contributed by atoms with Crippen LogP contribution in [-0.4, -0.2) is 39.8 Å². The molecule has 0 aliphatic carbocycles. The Morgan fingerprint density at radius 3 is 2.44 bits per heavy atom. The highest BCUT2D eigenvalue weighted by Gasteiger charge is 2.46. The van der Waals surface area contributed by atoms with Gasteiger partial charge >= 0.3 is 0 Å². The maximum atomic E-state index is 13.3. The SMILES string of the molecule is CCCOc1ccc(/C(O)=C2/C(=O)C(=O)N(CCc3ccc(F)cc3)C2c2ccccn2)cc1. The second-order valence-electron chi connectivity index (χ2n) is 8.00. The standard InChI is InChI=1S/C27H25FN2O4/c1-2-17-34-21-12-8-19(9-13-21)25(31)23-24(22-5-3-4-15-29-22)30(27(33)26(23)32)16-14-18-6-10-20(28)11-7-18/h3-13,15,24,31H,2,14,16-17H2,1H3/b25-23-. The van der Waals surface area contributed by atoms with Gasteiger partial charge in [-0.25, -0.2) is 4.39 Å². The summed E-state index contributed by atoms with van der Waals surface area (Å²) in [6, 6.07) is 17.1. The molecule has 0 spiro atoms. The molecule has 0 bridgehead atoms. The van der Waals surface area contributed by atoms with Crippen molar-refractivity contribution in [1.29, 1.82) is 0 Å². The topological polar surface area (TPSA) is 79.7 Å². The number of aliphatic hydroxyl groups is 1. The molecule has 3 aromatic rings. The van der Waals surface area contributed by atoms with Crippen LogP contribution in [0.2, 0.25) is 0 Å². The Bertz CT molecular complexity index is 1190. The van der Waals surface area contributed by atoms with Gasteiger partial charge < -0.3 is 14.7 Å². The number of aromatic nitrogens is 1. The molecule has 0 radical (unpaired) electrons. The number of carbonyl (C=O) groups excluding carboxylic acids is 2. The van der Waals surface area contributed by atoms with E-state index in [1.54, 1.807) is 60.8 Å². The second kappa shape index (κ2) is 10.3. The third-order valence-electron chi connectivity index (χ3n) is 5.66. The predicted molar refractivity (Wildman–Crippen MR) is 126 cm³/mol. The fourth-order valence-corrected chi connectivity index (χ4v) is 3.94. The Morgan fingerprint density at radius 2 is 1.79 bits per heavy atom. The van der Waals surface area contributed by atoms with Gasteiger partial charge in [-0.3, -0.25) is 14.6 Å². The summed E-state index contributed by atoms with van der Waals surface area (Å²) in [5.74, 6) is -1.43. The lowest BCUT2D eigenvalue weighted by molar-refractivity contribution is -0.139. The summed E-state index contributed by atoms with van der Waals surface area (Å²) >= 11 is 0. The number of ether oxygens (including phenoxy) is 1. The van der Waals surface area contributed by atoms with E-state index in [1.807, 2.05) is 6.92 Å². The number of ketones is 1. The Kier molecular flexibility index (Phi) is 7.01. The summed E-state index contributed by atoms with van der Waals surface area (Å²) < 4.78 is 18.8. The van der Waals surface area contributed by atoms with Crippen LogP contribution < -0.4 is 4.74 Å². The summed E-state index contributed by atoms with van der Waals surface area (Å²) in [5, 5.41) is 11.1. The van der Waals surface area contributed by atoms with Gasteiger partial charge in [0.1, 0.15) is 23.4 Å². The number of amides is 1. The van der Waals surface area contributed by atoms with E-state index in [1.165, 1.54) is 17.0 Å². The summed E-state index contributed by atoms with van der Waals surface area (Å²) in [4.78, 5) is 31.8. The average Bonchev–Trinajstić information content (AvgIpc) is 3.12. The van der Waals surface area contributed by atoms with Gasteiger partial charge in [0.2, 0.25) is 0 Å². The molecule has 4 rings (SSSR count). The van der Waals surface area contributed by atoms with E-state index in [-0.39, 0.29) is 23.7 Å². The summed E-state index contributed by atoms with van der Waals surface area (Å²) in [6.45, 7) is 2.79. The van der Waals surface area contributed by atoms with Crippen LogP contribution in [0.4, 0.5) is 4.39 Å². The number of halogens is 1. The molecule has 7 heteroatoms. The molecule has 1 fully saturated rings. The normalized spacial score (nSPS) is 17.2. The molecule has 2 aromatic carbocycles. The predicted octanol–water partition coefficient (Wildman–Crippen LogP) is 4.67. The maximum Gasteiger partial charge on any atom is 0.295 e. The molecule has 1 N–H and O–H groups in total. The Balaban J connectivity index is 1.69. The number of aliphatic hydroxyl groups excluding tert-OH is 1. The molecule has 1 atom stereocenters. The van der Waals surface area contributed by atoms with Crippen LogP contribution in [0.3, 0.4) is 0 Å². The minimum absolute atomic E-state index is 0.00923. The third-order valence-corrected chi connectivity index (χ3v) is 5.66. The van der Waals surface area contributed by atoms with Crippen LogP contribution in [0.5, 0.6) is 5.75 Å². The van der Waals surface area contributed by atoms with E-state index in [0.717, 1.165) is 12.0 Å². The van der Waals surface area contributed by atoms with Gasteiger partial charge in [0.25, 0.3) is 11.7 Å². The lowest BCUT2D eigenvalue weighted by Gasteiger charge is -2.24. The molecule has 34 heavy (non-hydrogen) atoms. The summed E-state index contributed by atoms with van der Waals surface area (Å²) in [5.41, 5.74) is 1.70. The van der Waals surface area contributed by atoms with Crippen molar-refractivity contribution in [2.24, 2.45) is 0 Å². The third kappa shape index (κ3) is 4.83. The lowest BCUT2D eigenvalue weighted by atomic mass is 9.98. The van der Waals surface area contributed by atoms with Gasteiger partial charge in [0.05, 0.1) is 17.9 Å². The molecular formula is C27H25FN2O4. The Morgan fingerprint density at radius 1 is 1.06 bits per heavy atom. The van der Waals surface area contributed by atoms with Crippen LogP contribution in [0, 0.1) is 5.82 Å². The van der Waals surface area contributed by atoms with Crippen molar-refractivity contribution >= 4 is 17.4 Å². The smallest absolute Gasteiger partial charge is 0.295 e. The molecule has 1 saturated heterocycles. The number of hydrogen-bond donors (Lipinski definition) is 1. The van der Waals surface area contributed by atoms with Gasteiger partial charge in [-0.15, -0.1) is 0 Å². The lowest BCUT2D eigenvalue weighted by Crippen LogP contribution is -2.32. The highest BCUT2D eigenvalue weighted by Crippen LogP contribution is 2.38. The number of hydrogen-bond acceptors (Lipinski definition) is 5. The van der Waals surface area contributed by atoms with E-state index in [9.17, 15) is 19.1 Å². The molecule has 2 heterocycles. The number of likely N-dealkylation sites (tertiary alicyclic amines) is 1. The molecule has 1 aliphatic heterocycles. The molecule has 1 amide bonds. The minimum atomic E-state index is -0.835. The zero-order valence-electron chi connectivity index (χ0n) is 18.8. The number of Topliss-reactive ketones (excluding diaryl/α,β-unsaturated/α-hetero) is 1. The Labute approximate surface area is 197 Å². The van der Waals surface area contributed by atoms with E-state index in [4.69, 9.17) is 4.74 Å². The van der Waals surface area contributed by atoms with Crippen molar-refractivity contribution < 1.29 is 23.8 Å². The molecule has 1 unspecified atom stereocenters. The molecular weight excluding hydrogens is 435 g/mol. The average molecular weight is 461 g/mol. The highest BCUT2D eigenvalue weighted by molar-refractivity contribution is 6.46.